The third kappa shape index (κ3) is 3.07. The summed E-state index contributed by atoms with van der Waals surface area (Å²) >= 11 is 0. The van der Waals surface area contributed by atoms with E-state index in [4.69, 9.17) is 0 Å². The minimum Gasteiger partial charge on any atom is -0.369 e. The predicted molar refractivity (Wildman–Crippen MR) is 57.5 cm³/mol. The van der Waals surface area contributed by atoms with Crippen LogP contribution < -0.4 is 5.32 Å². The summed E-state index contributed by atoms with van der Waals surface area (Å²) in [6.45, 7) is 10.1. The molecule has 1 aliphatic rings. The van der Waals surface area contributed by atoms with E-state index in [9.17, 15) is 0 Å². The molecule has 0 spiro atoms. The normalized spacial score (nSPS) is 19.5. The molecular weight excluding hydrogens is 160 g/mol. The first kappa shape index (κ1) is 10.1. The van der Waals surface area contributed by atoms with Crippen LogP contribution in [0.4, 0.5) is 0 Å². The zero-order chi connectivity index (χ0) is 9.52. The summed E-state index contributed by atoms with van der Waals surface area (Å²) < 4.78 is 0. The van der Waals surface area contributed by atoms with Crippen LogP contribution in [-0.4, -0.2) is 31.1 Å². The Kier molecular flexibility index (Phi) is 4.33. The van der Waals surface area contributed by atoms with Gasteiger partial charge in [-0.25, -0.2) is 0 Å². The molecule has 1 heterocycles. The van der Waals surface area contributed by atoms with Crippen molar-refractivity contribution in [2.24, 2.45) is 0 Å². The minimum atomic E-state index is 1.07. The number of piperazine rings is 1. The van der Waals surface area contributed by atoms with Crippen molar-refractivity contribution in [3.8, 4) is 0 Å². The van der Waals surface area contributed by atoms with Crippen LogP contribution in [-0.2, 0) is 0 Å². The molecular formula is C11H18N2. The van der Waals surface area contributed by atoms with Gasteiger partial charge in [0.25, 0.3) is 0 Å². The molecule has 1 rings (SSSR count). The molecule has 0 aromatic rings. The van der Waals surface area contributed by atoms with Gasteiger partial charge in [-0.1, -0.05) is 18.7 Å². The second-order valence-electron chi connectivity index (χ2n) is 3.06. The second kappa shape index (κ2) is 5.60. The summed E-state index contributed by atoms with van der Waals surface area (Å²) in [4.78, 5) is 2.35. The lowest BCUT2D eigenvalue weighted by Gasteiger charge is -2.30. The monoisotopic (exact) mass is 178 g/mol. The SMILES string of the molecule is C=C/C(=C\C=C/C)N1CCNCC1. The van der Waals surface area contributed by atoms with Gasteiger partial charge < -0.3 is 10.2 Å². The third-order valence-corrected chi connectivity index (χ3v) is 2.15. The van der Waals surface area contributed by atoms with Gasteiger partial charge in [0.05, 0.1) is 0 Å². The zero-order valence-electron chi connectivity index (χ0n) is 8.29. The number of rotatable bonds is 3. The fraction of sp³-hybridized carbons (Fsp3) is 0.455. The average Bonchev–Trinajstić information content (AvgIpc) is 2.21. The van der Waals surface area contributed by atoms with Crippen LogP contribution in [0.25, 0.3) is 0 Å². The fourth-order valence-electron chi connectivity index (χ4n) is 1.42. The summed E-state index contributed by atoms with van der Waals surface area (Å²) in [5.41, 5.74) is 1.22. The summed E-state index contributed by atoms with van der Waals surface area (Å²) in [7, 11) is 0. The molecule has 0 bridgehead atoms. The quantitative estimate of drug-likeness (QED) is 0.659. The van der Waals surface area contributed by atoms with E-state index in [1.54, 1.807) is 0 Å². The first-order valence-electron chi connectivity index (χ1n) is 4.79. The van der Waals surface area contributed by atoms with E-state index >= 15 is 0 Å². The van der Waals surface area contributed by atoms with Gasteiger partial charge in [-0.2, -0.15) is 0 Å². The molecule has 0 aliphatic carbocycles. The smallest absolute Gasteiger partial charge is 0.0361 e. The van der Waals surface area contributed by atoms with Crippen LogP contribution in [0, 0.1) is 0 Å². The highest BCUT2D eigenvalue weighted by atomic mass is 15.2. The number of nitrogens with one attached hydrogen (secondary N) is 1. The van der Waals surface area contributed by atoms with Crippen molar-refractivity contribution < 1.29 is 0 Å². The Balaban J connectivity index is 2.58. The lowest BCUT2D eigenvalue weighted by Crippen LogP contribution is -2.42. The lowest BCUT2D eigenvalue weighted by molar-refractivity contribution is 0.307. The molecule has 0 aromatic heterocycles. The first-order valence-corrected chi connectivity index (χ1v) is 4.79. The van der Waals surface area contributed by atoms with E-state index in [0.717, 1.165) is 26.2 Å². The van der Waals surface area contributed by atoms with E-state index in [2.05, 4.69) is 28.9 Å². The van der Waals surface area contributed by atoms with Gasteiger partial charge in [0, 0.05) is 31.9 Å². The molecule has 0 aromatic carbocycles. The molecule has 2 heteroatoms. The maximum Gasteiger partial charge on any atom is 0.0361 e. The van der Waals surface area contributed by atoms with Crippen molar-refractivity contribution in [2.75, 3.05) is 26.2 Å². The van der Waals surface area contributed by atoms with Gasteiger partial charge in [-0.3, -0.25) is 0 Å². The van der Waals surface area contributed by atoms with Crippen LogP contribution in [0.5, 0.6) is 0 Å². The topological polar surface area (TPSA) is 15.3 Å². The van der Waals surface area contributed by atoms with E-state index in [0.29, 0.717) is 0 Å². The second-order valence-corrected chi connectivity index (χ2v) is 3.06. The Morgan fingerprint density at radius 3 is 2.62 bits per heavy atom. The third-order valence-electron chi connectivity index (χ3n) is 2.15. The van der Waals surface area contributed by atoms with Crippen molar-refractivity contribution in [1.82, 2.24) is 10.2 Å². The molecule has 0 amide bonds. The molecule has 0 radical (unpaired) electrons. The minimum absolute atomic E-state index is 1.07. The number of allylic oxidation sites excluding steroid dienone is 4. The maximum atomic E-state index is 3.82. The molecule has 1 N–H and O–H groups in total. The predicted octanol–water partition coefficient (Wildman–Crippen LogP) is 1.54. The van der Waals surface area contributed by atoms with E-state index in [1.807, 2.05) is 19.1 Å². The van der Waals surface area contributed by atoms with E-state index < -0.39 is 0 Å². The Hall–Kier alpha value is -1.02. The fourth-order valence-corrected chi connectivity index (χ4v) is 1.42. The van der Waals surface area contributed by atoms with Crippen molar-refractivity contribution in [3.05, 3.63) is 36.6 Å². The zero-order valence-corrected chi connectivity index (χ0v) is 8.29. The highest BCUT2D eigenvalue weighted by Crippen LogP contribution is 2.06. The van der Waals surface area contributed by atoms with Crippen LogP contribution in [0.2, 0.25) is 0 Å². The van der Waals surface area contributed by atoms with Crippen molar-refractivity contribution in [1.29, 1.82) is 0 Å². The Bertz CT molecular complexity index is 210. The van der Waals surface area contributed by atoms with Crippen molar-refractivity contribution in [2.45, 2.75) is 6.92 Å². The van der Waals surface area contributed by atoms with Crippen LogP contribution >= 0.6 is 0 Å². The first-order chi connectivity index (χ1) is 6.38. The maximum absolute atomic E-state index is 3.82. The van der Waals surface area contributed by atoms with Gasteiger partial charge in [0.15, 0.2) is 0 Å². The van der Waals surface area contributed by atoms with Crippen molar-refractivity contribution in [3.63, 3.8) is 0 Å². The Labute approximate surface area is 80.6 Å². The Morgan fingerprint density at radius 1 is 1.38 bits per heavy atom. The molecule has 1 aliphatic heterocycles. The highest BCUT2D eigenvalue weighted by molar-refractivity contribution is 5.21. The largest absolute Gasteiger partial charge is 0.369 e. The number of hydrogen-bond donors (Lipinski definition) is 1. The summed E-state index contributed by atoms with van der Waals surface area (Å²) in [6.07, 6.45) is 8.12. The highest BCUT2D eigenvalue weighted by Gasteiger charge is 2.09. The Morgan fingerprint density at radius 2 is 2.08 bits per heavy atom. The number of nitrogens with zero attached hydrogens (tertiary/aromatic N) is 1. The molecule has 13 heavy (non-hydrogen) atoms. The summed E-state index contributed by atoms with van der Waals surface area (Å²) in [6, 6.07) is 0. The molecule has 72 valence electrons. The van der Waals surface area contributed by atoms with Crippen LogP contribution in [0.3, 0.4) is 0 Å². The van der Waals surface area contributed by atoms with Crippen LogP contribution in [0.15, 0.2) is 36.6 Å². The van der Waals surface area contributed by atoms with E-state index in [-0.39, 0.29) is 0 Å². The standard InChI is InChI=1S/C11H18N2/c1-3-5-6-11(4-2)13-9-7-12-8-10-13/h3-6,12H,2,7-10H2,1H3/b5-3-,11-6+. The van der Waals surface area contributed by atoms with Gasteiger partial charge in [0.2, 0.25) is 0 Å². The molecule has 1 fully saturated rings. The molecule has 2 nitrogen and oxygen atoms in total. The molecule has 1 saturated heterocycles. The average molecular weight is 178 g/mol. The molecule has 0 saturated carbocycles. The van der Waals surface area contributed by atoms with Gasteiger partial charge in [-0.15, -0.1) is 0 Å². The molecule has 0 atom stereocenters. The number of hydrogen-bond acceptors (Lipinski definition) is 2. The van der Waals surface area contributed by atoms with E-state index in [1.165, 1.54) is 5.70 Å². The summed E-state index contributed by atoms with van der Waals surface area (Å²) in [5.74, 6) is 0. The van der Waals surface area contributed by atoms with Crippen LogP contribution in [0.1, 0.15) is 6.92 Å². The van der Waals surface area contributed by atoms with Gasteiger partial charge in [0.1, 0.15) is 0 Å². The summed E-state index contributed by atoms with van der Waals surface area (Å²) in [5, 5.41) is 3.33. The lowest BCUT2D eigenvalue weighted by atomic mass is 10.2. The molecule has 0 unspecified atom stereocenters. The van der Waals surface area contributed by atoms with Crippen molar-refractivity contribution >= 4 is 0 Å². The van der Waals surface area contributed by atoms with Gasteiger partial charge >= 0.3 is 0 Å². The van der Waals surface area contributed by atoms with Gasteiger partial charge in [-0.05, 0) is 19.1 Å².